The molecule has 0 aliphatic carbocycles. The van der Waals surface area contributed by atoms with Crippen molar-refractivity contribution in [1.82, 2.24) is 0 Å². The highest BCUT2D eigenvalue weighted by molar-refractivity contribution is 7.27. The van der Waals surface area contributed by atoms with Crippen molar-refractivity contribution in [2.24, 2.45) is 0 Å². The molecule has 120 heavy (non-hydrogen) atoms. The first-order valence-corrected chi connectivity index (χ1v) is 42.9. The van der Waals surface area contributed by atoms with Crippen molar-refractivity contribution in [3.05, 3.63) is 425 Å². The normalized spacial score (nSPS) is 12.2. The first-order chi connectivity index (χ1) is 61.5. The van der Waals surface area contributed by atoms with Crippen molar-refractivity contribution in [2.75, 3.05) is 16.0 Å². The second-order valence-electron chi connectivity index (χ2n) is 30.8. The van der Waals surface area contributed by atoms with Crippen LogP contribution in [0.5, 0.6) is 0 Å². The van der Waals surface area contributed by atoms with Gasteiger partial charge in [-0.15, -0.1) is 34.0 Å². The van der Waals surface area contributed by atoms with Crippen LogP contribution in [0, 0.1) is 0 Å². The molecule has 0 unspecified atom stereocenters. The fourth-order valence-corrected chi connectivity index (χ4v) is 21.4. The molecule has 0 bridgehead atoms. The van der Waals surface area contributed by atoms with Crippen LogP contribution in [0.15, 0.2) is 425 Å². The number of rotatable bonds is 10. The van der Waals surface area contributed by atoms with Gasteiger partial charge in [0.05, 0.1) is 6.85 Å². The Labute approximate surface area is 712 Å². The predicted octanol–water partition coefficient (Wildman–Crippen LogP) is 34.4. The molecule has 22 aromatic carbocycles. The van der Waals surface area contributed by atoms with E-state index in [0.29, 0.717) is 5.69 Å². The van der Waals surface area contributed by atoms with Crippen LogP contribution < -0.4 is 16.0 Å². The third-order valence-corrected chi connectivity index (χ3v) is 27.2. The fraction of sp³-hybridized carbons (Fsp3) is 0. The zero-order valence-corrected chi connectivity index (χ0v) is 67.2. The number of anilines is 6. The van der Waals surface area contributed by atoms with Crippen molar-refractivity contribution in [1.29, 1.82) is 0 Å². The average molecular weight is 1590 g/mol. The average Bonchev–Trinajstić information content (AvgIpc) is 1.51. The topological polar surface area (TPSA) is 36.1 Å². The monoisotopic (exact) mass is 1580 g/mol. The molecule has 3 N–H and O–H groups in total. The van der Waals surface area contributed by atoms with E-state index in [2.05, 4.69) is 392 Å². The smallest absolute Gasteiger partial charge is 0.0645 e. The molecule has 0 fully saturated rings. The maximum atomic E-state index is 8.18. The lowest BCUT2D eigenvalue weighted by atomic mass is 9.94. The fourth-order valence-electron chi connectivity index (χ4n) is 18.1. The van der Waals surface area contributed by atoms with Gasteiger partial charge in [-0.1, -0.05) is 309 Å². The molecule has 0 aliphatic rings. The zero-order valence-electron chi connectivity index (χ0n) is 69.8. The highest BCUT2D eigenvalue weighted by Gasteiger charge is 2.19. The van der Waals surface area contributed by atoms with Gasteiger partial charge in [0, 0.05) is 111 Å². The Morgan fingerprint density at radius 2 is 0.558 bits per heavy atom. The number of fused-ring (bicyclic) bond motifs is 22. The van der Waals surface area contributed by atoms with Gasteiger partial charge in [0.2, 0.25) is 0 Å². The summed E-state index contributed by atoms with van der Waals surface area (Å²) in [5.74, 6) is 0. The minimum absolute atomic E-state index is 0.0702. The molecule has 0 amide bonds. The van der Waals surface area contributed by atoms with Crippen LogP contribution in [0.25, 0.3) is 202 Å². The van der Waals surface area contributed by atoms with E-state index < -0.39 is 6.04 Å². The summed E-state index contributed by atoms with van der Waals surface area (Å²) >= 11 is 5.58. The zero-order chi connectivity index (χ0) is 83.5. The molecule has 3 heterocycles. The third-order valence-electron chi connectivity index (χ3n) is 23.8. The molecule has 3 aromatic heterocycles. The van der Waals surface area contributed by atoms with E-state index >= 15 is 0 Å². The van der Waals surface area contributed by atoms with E-state index in [1.807, 2.05) is 52.2 Å². The summed E-state index contributed by atoms with van der Waals surface area (Å²) in [5, 5.41) is 40.8. The number of thiophene rings is 3. The highest BCUT2D eigenvalue weighted by atomic mass is 32.1. The number of para-hydroxylation sites is 1. The van der Waals surface area contributed by atoms with Gasteiger partial charge in [0.1, 0.15) is 0 Å². The summed E-state index contributed by atoms with van der Waals surface area (Å²) < 4.78 is 47.9. The Bertz CT molecular complexity index is 8730. The quantitative estimate of drug-likeness (QED) is 0.119. The molecule has 25 rings (SSSR count). The lowest BCUT2D eigenvalue weighted by molar-refractivity contribution is 1.57. The second-order valence-corrected chi connectivity index (χ2v) is 34.0. The summed E-state index contributed by atoms with van der Waals surface area (Å²) in [6.07, 6.45) is 0. The van der Waals surface area contributed by atoms with Crippen molar-refractivity contribution >= 4 is 226 Å². The number of hydrogen-bond donors (Lipinski definition) is 3. The molecule has 0 aliphatic heterocycles. The number of hydrogen-bond acceptors (Lipinski definition) is 6. The molecule has 0 radical (unpaired) electrons. The molecule has 6 heteroatoms. The van der Waals surface area contributed by atoms with E-state index in [-0.39, 0.29) is 29.9 Å². The Hall–Kier alpha value is -14.8. The van der Waals surface area contributed by atoms with Gasteiger partial charge < -0.3 is 16.0 Å². The Morgan fingerprint density at radius 3 is 1.12 bits per heavy atom. The van der Waals surface area contributed by atoms with E-state index in [1.165, 1.54) is 180 Å². The molecule has 0 spiro atoms. The second kappa shape index (κ2) is 29.8. The lowest BCUT2D eigenvalue weighted by Gasteiger charge is -2.16. The molecule has 25 aromatic rings. The summed E-state index contributed by atoms with van der Waals surface area (Å²) in [6.45, 7) is 0. The standard InChI is InChI=1S/C42H27NS.C40H25NS.C32H21NS/c1-2-10-27(11-3-1)30-20-22-38(35-16-8-6-14-33(30)35)43-39-23-21-31(34-15-7-9-17-36(34)39)29-19-24-40-37(26-29)42-32-13-5-4-12-28(32)18-25-41(42)44-40;1-6-14-32-25(9-1)17-20-39-40(32)36-22-28(18-19-38(36)42-39)35-24-29(21-26-10-2-5-13-31(26)35)41-37-23-27-11-3-4-12-30(27)33-15-7-8-16-34(33)37;1-2-7-26(8-3-1)33-27-15-12-23-18-22(10-11-24(23)19-27)25-14-16-30-29(20-25)32-28-9-5-4-6-21(28)13-17-31(32)34-30/h1-26,43H;1-24,41H;1-20,33H/i;;1D,2D,3D,7D,8D. The minimum atomic E-state index is -0.400. The van der Waals surface area contributed by atoms with Crippen LogP contribution in [0.2, 0.25) is 0 Å². The van der Waals surface area contributed by atoms with Gasteiger partial charge in [-0.3, -0.25) is 0 Å². The maximum absolute atomic E-state index is 8.18. The van der Waals surface area contributed by atoms with E-state index in [1.54, 1.807) is 0 Å². The van der Waals surface area contributed by atoms with E-state index in [4.69, 9.17) is 6.85 Å². The van der Waals surface area contributed by atoms with Crippen LogP contribution in [0.4, 0.5) is 34.1 Å². The number of nitrogens with one attached hydrogen (secondary N) is 3. The molecule has 0 saturated carbocycles. The molecule has 0 atom stereocenters. The van der Waals surface area contributed by atoms with Gasteiger partial charge >= 0.3 is 0 Å². The molecule has 3 nitrogen and oxygen atoms in total. The van der Waals surface area contributed by atoms with Crippen molar-refractivity contribution in [3.8, 4) is 44.5 Å². The number of benzene rings is 22. The highest BCUT2D eigenvalue weighted by Crippen LogP contribution is 2.48. The molecule has 0 saturated heterocycles. The van der Waals surface area contributed by atoms with Crippen LogP contribution >= 0.6 is 34.0 Å². The van der Waals surface area contributed by atoms with Crippen LogP contribution in [-0.4, -0.2) is 0 Å². The summed E-state index contributed by atoms with van der Waals surface area (Å²) in [7, 11) is 0. The van der Waals surface area contributed by atoms with Crippen LogP contribution in [0.1, 0.15) is 6.85 Å². The van der Waals surface area contributed by atoms with Gasteiger partial charge in [-0.25, -0.2) is 0 Å². The third kappa shape index (κ3) is 12.7. The molecular weight excluding hydrogens is 1510 g/mol. The summed E-state index contributed by atoms with van der Waals surface area (Å²) in [4.78, 5) is 0. The first-order valence-electron chi connectivity index (χ1n) is 43.0. The minimum Gasteiger partial charge on any atom is -0.356 e. The molecular formula is C114H73N3S3. The predicted molar refractivity (Wildman–Crippen MR) is 526 cm³/mol. The summed E-state index contributed by atoms with van der Waals surface area (Å²) in [6, 6.07) is 141. The van der Waals surface area contributed by atoms with Crippen molar-refractivity contribution < 1.29 is 6.85 Å². The van der Waals surface area contributed by atoms with Gasteiger partial charge in [-0.2, -0.15) is 0 Å². The van der Waals surface area contributed by atoms with E-state index in [0.717, 1.165) is 44.6 Å². The van der Waals surface area contributed by atoms with Gasteiger partial charge in [0.25, 0.3) is 0 Å². The lowest BCUT2D eigenvalue weighted by Crippen LogP contribution is -1.95. The van der Waals surface area contributed by atoms with E-state index in [9.17, 15) is 0 Å². The Kier molecular flexibility index (Phi) is 16.2. The largest absolute Gasteiger partial charge is 0.356 e. The summed E-state index contributed by atoms with van der Waals surface area (Å²) in [5.41, 5.74) is 14.9. The first kappa shape index (κ1) is 65.4. The van der Waals surface area contributed by atoms with Crippen molar-refractivity contribution in [3.63, 3.8) is 0 Å². The Morgan fingerprint density at radius 1 is 0.175 bits per heavy atom. The van der Waals surface area contributed by atoms with Gasteiger partial charge in [-0.05, 0) is 241 Å². The van der Waals surface area contributed by atoms with Gasteiger partial charge in [0.15, 0.2) is 0 Å². The Balaban J connectivity index is 0.000000108. The maximum Gasteiger partial charge on any atom is 0.0645 e. The SMILES string of the molecule is [2H]c1c([2H])c([2H])c(Nc2ccc3cc(-c4ccc5sc6ccc7ccccc7c6c5c4)ccc3c2)c([2H])c1[2H].c1ccc(-c2ccc(Nc3ccc(-c4ccc5sc6ccc7ccccc7c6c5c4)c4ccccc34)c3ccccc23)cc1.c1ccc2c(-c3ccc4sc5ccc6ccccc6c5c4c3)cc(Nc3cc4ccccc4c4ccccc34)cc2c1. The van der Waals surface area contributed by atoms with Crippen LogP contribution in [0.3, 0.4) is 0 Å². The molecule has 562 valence electrons. The van der Waals surface area contributed by atoms with Crippen molar-refractivity contribution in [2.45, 2.75) is 0 Å². The van der Waals surface area contributed by atoms with Crippen LogP contribution in [-0.2, 0) is 0 Å².